The largest absolute Gasteiger partial charge is 0.565 e. The topological polar surface area (TPSA) is 40.0 Å². The minimum Gasteiger partial charge on any atom is -0.565 e. The van der Waals surface area contributed by atoms with Crippen LogP contribution in [0.1, 0.15) is 6.42 Å². The molecule has 0 saturated heterocycles. The molecule has 0 amide bonds. The second kappa shape index (κ2) is 6.32. The Labute approximate surface area is 108 Å². The maximum atomic E-state index is 10.9. The molecule has 0 heterocycles. The van der Waals surface area contributed by atoms with E-state index in [1.165, 1.54) is 10.6 Å². The van der Waals surface area contributed by atoms with Gasteiger partial charge in [-0.3, -0.25) is 0 Å². The van der Waals surface area contributed by atoms with Crippen LogP contribution in [0.5, 0.6) is 0 Å². The van der Waals surface area contributed by atoms with Gasteiger partial charge in [0.25, 0.3) is 0 Å². The van der Waals surface area contributed by atoms with Crippen molar-refractivity contribution in [3.05, 3.63) is 60.7 Å². The summed E-state index contributed by atoms with van der Waals surface area (Å²) in [6.07, 6.45) is 1.08. The summed E-state index contributed by atoms with van der Waals surface area (Å²) in [5.41, 5.74) is 0. The van der Waals surface area contributed by atoms with Crippen LogP contribution in [0.25, 0.3) is 0 Å². The zero-order valence-electron chi connectivity index (χ0n) is 10.0. The van der Waals surface area contributed by atoms with E-state index in [-0.39, 0.29) is 0 Å². The first-order valence-corrected chi connectivity index (χ1v) is 7.42. The van der Waals surface area contributed by atoms with Crippen molar-refractivity contribution < 1.29 is 9.90 Å². The minimum atomic E-state index is -0.524. The summed E-state index contributed by atoms with van der Waals surface area (Å²) in [6, 6.07) is 20.5. The summed E-state index contributed by atoms with van der Waals surface area (Å²) in [5, 5.41) is 9.60. The number of carbonyl (C=O) groups excluding carboxylic acids is 1. The minimum absolute atomic E-state index is 0.329. The highest BCUT2D eigenvalue weighted by atomic mass is 31.1. The fourth-order valence-corrected chi connectivity index (χ4v) is 4.14. The second-order valence-electron chi connectivity index (χ2n) is 4.00. The van der Waals surface area contributed by atoms with Gasteiger partial charge >= 0.3 is 5.97 Å². The van der Waals surface area contributed by atoms with Gasteiger partial charge in [-0.05, 0) is 24.7 Å². The van der Waals surface area contributed by atoms with E-state index in [0.29, 0.717) is 6.42 Å². The molecule has 0 saturated carbocycles. The van der Waals surface area contributed by atoms with Crippen LogP contribution in [0, 0.1) is 0 Å². The lowest BCUT2D eigenvalue weighted by Crippen LogP contribution is -2.15. The smallest absolute Gasteiger partial charge is 0.516 e. The van der Waals surface area contributed by atoms with Crippen LogP contribution < -0.4 is 10.6 Å². The summed E-state index contributed by atoms with van der Waals surface area (Å²) >= 11 is 0. The Kier molecular flexibility index (Phi) is 4.49. The predicted molar refractivity (Wildman–Crippen MR) is 77.2 cm³/mol. The molecule has 3 heteroatoms. The molecular weight excluding hydrogens is 243 g/mol. The lowest BCUT2D eigenvalue weighted by Gasteiger charge is -2.16. The summed E-state index contributed by atoms with van der Waals surface area (Å²) in [6.45, 7) is 0. The molecule has 0 aliphatic rings. The van der Waals surface area contributed by atoms with Crippen molar-refractivity contribution in [2.75, 3.05) is 6.16 Å². The van der Waals surface area contributed by atoms with Crippen LogP contribution in [0.15, 0.2) is 60.7 Å². The van der Waals surface area contributed by atoms with Crippen LogP contribution in [-0.4, -0.2) is 17.2 Å². The van der Waals surface area contributed by atoms with E-state index >= 15 is 0 Å². The standard InChI is InChI=1S/C15H15O2P/c16-15(17)11-12-18(13-7-3-1-4-8-13)14-9-5-2-6-10-14/h1-10H,11-12H2,(H,16,17)/p+1. The van der Waals surface area contributed by atoms with Gasteiger partial charge in [-0.25, -0.2) is 0 Å². The molecule has 0 fully saturated rings. The first kappa shape index (κ1) is 12.8. The molecule has 0 aliphatic heterocycles. The first-order chi connectivity index (χ1) is 8.77. The van der Waals surface area contributed by atoms with Gasteiger partial charge in [0.15, 0.2) is 0 Å². The molecule has 0 aliphatic carbocycles. The van der Waals surface area contributed by atoms with E-state index in [0.717, 1.165) is 6.16 Å². The fraction of sp³-hybridized carbons (Fsp3) is 0.133. The lowest BCUT2D eigenvalue weighted by atomic mass is 10.4. The summed E-state index contributed by atoms with van der Waals surface area (Å²) in [4.78, 5) is 10.9. The number of benzene rings is 2. The molecule has 18 heavy (non-hydrogen) atoms. The molecule has 0 aromatic heterocycles. The van der Waals surface area contributed by atoms with E-state index in [4.69, 9.17) is 5.11 Å². The SMILES string of the molecule is O=C([OH2+])CCP(c1ccccc1)c1ccccc1. The number of hydrogen-bond acceptors (Lipinski definition) is 1. The van der Waals surface area contributed by atoms with Gasteiger partial charge < -0.3 is 5.11 Å². The molecule has 0 atom stereocenters. The highest BCUT2D eigenvalue weighted by molar-refractivity contribution is 7.73. The fourth-order valence-electron chi connectivity index (χ4n) is 1.84. The molecule has 0 unspecified atom stereocenters. The summed E-state index contributed by atoms with van der Waals surface area (Å²) in [7, 11) is -0.524. The van der Waals surface area contributed by atoms with Gasteiger partial charge in [-0.2, -0.15) is 0 Å². The second-order valence-corrected chi connectivity index (χ2v) is 6.33. The van der Waals surface area contributed by atoms with Gasteiger partial charge in [0.05, 0.1) is 0 Å². The number of rotatable bonds is 5. The van der Waals surface area contributed by atoms with Crippen LogP contribution in [-0.2, 0) is 4.79 Å². The van der Waals surface area contributed by atoms with Crippen LogP contribution in [0.3, 0.4) is 0 Å². The molecule has 2 N–H and O–H groups in total. The number of carbonyl (C=O) groups is 1. The predicted octanol–water partition coefficient (Wildman–Crippen LogP) is 1.76. The maximum absolute atomic E-state index is 10.9. The normalized spacial score (nSPS) is 10.5. The van der Waals surface area contributed by atoms with Gasteiger partial charge in [-0.15, -0.1) is 0 Å². The Balaban J connectivity index is 2.26. The van der Waals surface area contributed by atoms with Crippen molar-refractivity contribution >= 4 is 24.5 Å². The highest BCUT2D eigenvalue weighted by Gasteiger charge is 2.17. The van der Waals surface area contributed by atoms with Crippen molar-refractivity contribution in [1.29, 1.82) is 0 Å². The lowest BCUT2D eigenvalue weighted by molar-refractivity contribution is -0.136. The first-order valence-electron chi connectivity index (χ1n) is 5.89. The quantitative estimate of drug-likeness (QED) is 0.595. The maximum Gasteiger partial charge on any atom is 0.516 e. The molecule has 0 spiro atoms. The van der Waals surface area contributed by atoms with E-state index in [1.54, 1.807) is 0 Å². The Morgan fingerprint density at radius 2 is 1.33 bits per heavy atom. The Morgan fingerprint density at radius 1 is 0.889 bits per heavy atom. The van der Waals surface area contributed by atoms with Gasteiger partial charge in [0.1, 0.15) is 6.42 Å². The third-order valence-corrected chi connectivity index (χ3v) is 5.21. The zero-order chi connectivity index (χ0) is 12.8. The van der Waals surface area contributed by atoms with Gasteiger partial charge in [-0.1, -0.05) is 60.7 Å². The molecule has 2 aromatic rings. The molecular formula is C15H16O2P+. The monoisotopic (exact) mass is 259 g/mol. The Hall–Kier alpha value is -1.66. The molecule has 0 radical (unpaired) electrons. The van der Waals surface area contributed by atoms with E-state index in [1.807, 2.05) is 36.4 Å². The van der Waals surface area contributed by atoms with Crippen molar-refractivity contribution in [3.8, 4) is 0 Å². The van der Waals surface area contributed by atoms with Gasteiger partial charge in [0, 0.05) is 4.79 Å². The Morgan fingerprint density at radius 3 is 1.72 bits per heavy atom. The molecule has 2 nitrogen and oxygen atoms in total. The van der Waals surface area contributed by atoms with Crippen molar-refractivity contribution in [2.45, 2.75) is 6.42 Å². The third-order valence-electron chi connectivity index (χ3n) is 2.70. The van der Waals surface area contributed by atoms with E-state index in [9.17, 15) is 4.79 Å². The van der Waals surface area contributed by atoms with Gasteiger partial charge in [0.2, 0.25) is 0 Å². The van der Waals surface area contributed by atoms with Crippen LogP contribution in [0.2, 0.25) is 0 Å². The van der Waals surface area contributed by atoms with E-state index in [2.05, 4.69) is 24.3 Å². The highest BCUT2D eigenvalue weighted by Crippen LogP contribution is 2.33. The average Bonchev–Trinajstić information content (AvgIpc) is 2.41. The average molecular weight is 259 g/mol. The van der Waals surface area contributed by atoms with Crippen LogP contribution in [0.4, 0.5) is 0 Å². The van der Waals surface area contributed by atoms with Crippen molar-refractivity contribution in [1.82, 2.24) is 0 Å². The Bertz CT molecular complexity index is 457. The molecule has 0 bridgehead atoms. The molecule has 92 valence electrons. The summed E-state index contributed by atoms with van der Waals surface area (Å²) < 4.78 is 0. The van der Waals surface area contributed by atoms with Crippen molar-refractivity contribution in [2.24, 2.45) is 0 Å². The third kappa shape index (κ3) is 3.41. The summed E-state index contributed by atoms with van der Waals surface area (Å²) in [5.74, 6) is -0.477. The van der Waals surface area contributed by atoms with E-state index < -0.39 is 13.9 Å². The number of hydrogen-bond donors (Lipinski definition) is 0. The molecule has 2 aromatic carbocycles. The van der Waals surface area contributed by atoms with Crippen LogP contribution >= 0.6 is 7.92 Å². The molecule has 2 rings (SSSR count). The van der Waals surface area contributed by atoms with Crippen molar-refractivity contribution in [3.63, 3.8) is 0 Å². The zero-order valence-corrected chi connectivity index (χ0v) is 10.9.